The summed E-state index contributed by atoms with van der Waals surface area (Å²) in [6.45, 7) is 1.16. The zero-order chi connectivity index (χ0) is 16.4. The Labute approximate surface area is 136 Å². The zero-order valence-corrected chi connectivity index (χ0v) is 14.0. The van der Waals surface area contributed by atoms with Gasteiger partial charge >= 0.3 is 0 Å². The molecule has 1 amide bonds. The van der Waals surface area contributed by atoms with Gasteiger partial charge in [-0.3, -0.25) is 4.79 Å². The number of ether oxygens (including phenoxy) is 1. The van der Waals surface area contributed by atoms with Crippen LogP contribution >= 0.6 is 0 Å². The van der Waals surface area contributed by atoms with Gasteiger partial charge in [0.2, 0.25) is 10.0 Å². The van der Waals surface area contributed by atoms with Crippen LogP contribution in [0.15, 0.2) is 29.2 Å². The average Bonchev–Trinajstić information content (AvgIpc) is 2.60. The number of benzene rings is 1. The van der Waals surface area contributed by atoms with Crippen molar-refractivity contribution in [1.29, 1.82) is 0 Å². The molecule has 1 saturated carbocycles. The highest BCUT2D eigenvalue weighted by atomic mass is 32.2. The molecule has 1 aromatic rings. The van der Waals surface area contributed by atoms with E-state index in [1.165, 1.54) is 19.2 Å². The van der Waals surface area contributed by atoms with Gasteiger partial charge in [-0.2, -0.15) is 0 Å². The van der Waals surface area contributed by atoms with Crippen molar-refractivity contribution in [3.8, 4) is 0 Å². The Bertz CT molecular complexity index is 670. The highest BCUT2D eigenvalue weighted by Gasteiger charge is 2.36. The molecule has 1 aliphatic carbocycles. The van der Waals surface area contributed by atoms with Crippen molar-refractivity contribution in [3.05, 3.63) is 29.8 Å². The second kappa shape index (κ2) is 6.59. The van der Waals surface area contributed by atoms with Gasteiger partial charge in [-0.25, -0.2) is 13.1 Å². The number of carbonyl (C=O) groups excluding carboxylic acids is 1. The molecular formula is C16H22N2O4S. The van der Waals surface area contributed by atoms with E-state index in [0.29, 0.717) is 18.7 Å². The number of nitrogens with one attached hydrogen (secondary N) is 1. The van der Waals surface area contributed by atoms with Crippen LogP contribution in [0, 0.1) is 0 Å². The summed E-state index contributed by atoms with van der Waals surface area (Å²) >= 11 is 0. The van der Waals surface area contributed by atoms with Crippen LogP contribution in [-0.4, -0.2) is 51.6 Å². The van der Waals surface area contributed by atoms with Crippen LogP contribution in [0.4, 0.5) is 0 Å². The van der Waals surface area contributed by atoms with Crippen LogP contribution in [0.2, 0.25) is 0 Å². The van der Waals surface area contributed by atoms with Gasteiger partial charge in [0.25, 0.3) is 5.91 Å². The zero-order valence-electron chi connectivity index (χ0n) is 13.2. The van der Waals surface area contributed by atoms with E-state index in [2.05, 4.69) is 4.72 Å². The normalized spacial score (nSPS) is 25.0. The summed E-state index contributed by atoms with van der Waals surface area (Å²) in [6.07, 6.45) is 4.40. The molecular weight excluding hydrogens is 316 g/mol. The summed E-state index contributed by atoms with van der Waals surface area (Å²) in [7, 11) is -2.11. The highest BCUT2D eigenvalue weighted by Crippen LogP contribution is 2.29. The number of nitrogens with zero attached hydrogens (tertiary/aromatic N) is 1. The van der Waals surface area contributed by atoms with Crippen LogP contribution < -0.4 is 4.72 Å². The maximum absolute atomic E-state index is 12.8. The molecule has 1 aliphatic heterocycles. The number of carbonyl (C=O) groups is 1. The Kier molecular flexibility index (Phi) is 4.70. The summed E-state index contributed by atoms with van der Waals surface area (Å²) in [6, 6.07) is 6.25. The standard InChI is InChI=1S/C16H22N2O4S/c1-17-23(20,21)13-8-6-12(7-9-13)16(19)18-10-11-22-15-5-3-2-4-14(15)18/h6-9,14-15,17H,2-5,10-11H2,1H3/t14-,15-/m1/s1. The highest BCUT2D eigenvalue weighted by molar-refractivity contribution is 7.89. The Morgan fingerprint density at radius 3 is 2.61 bits per heavy atom. The summed E-state index contributed by atoms with van der Waals surface area (Å²) < 4.78 is 31.6. The van der Waals surface area contributed by atoms with Gasteiger partial charge in [0, 0.05) is 12.1 Å². The molecule has 0 bridgehead atoms. The SMILES string of the molecule is CNS(=O)(=O)c1ccc(C(=O)N2CCO[C@@H]3CCCC[C@H]32)cc1. The topological polar surface area (TPSA) is 75.7 Å². The Balaban J connectivity index is 1.79. The van der Waals surface area contributed by atoms with Crippen molar-refractivity contribution in [2.45, 2.75) is 42.7 Å². The lowest BCUT2D eigenvalue weighted by Gasteiger charge is -2.43. The maximum atomic E-state index is 12.8. The monoisotopic (exact) mass is 338 g/mol. The van der Waals surface area contributed by atoms with E-state index in [4.69, 9.17) is 4.74 Å². The molecule has 7 heteroatoms. The molecule has 1 aromatic carbocycles. The lowest BCUT2D eigenvalue weighted by Crippen LogP contribution is -2.54. The summed E-state index contributed by atoms with van der Waals surface area (Å²) in [5, 5.41) is 0. The first-order chi connectivity index (χ1) is 11.0. The third kappa shape index (κ3) is 3.27. The van der Waals surface area contributed by atoms with Crippen LogP contribution in [0.5, 0.6) is 0 Å². The number of hydrogen-bond donors (Lipinski definition) is 1. The van der Waals surface area contributed by atoms with Crippen molar-refractivity contribution < 1.29 is 17.9 Å². The number of morpholine rings is 1. The summed E-state index contributed by atoms with van der Waals surface area (Å²) in [4.78, 5) is 14.8. The average molecular weight is 338 g/mol. The van der Waals surface area contributed by atoms with Gasteiger partial charge in [-0.05, 0) is 44.2 Å². The van der Waals surface area contributed by atoms with Crippen LogP contribution in [0.1, 0.15) is 36.0 Å². The number of hydrogen-bond acceptors (Lipinski definition) is 4. The first kappa shape index (κ1) is 16.4. The van der Waals surface area contributed by atoms with Crippen molar-refractivity contribution in [2.75, 3.05) is 20.2 Å². The number of sulfonamides is 1. The van der Waals surface area contributed by atoms with Gasteiger partial charge in [-0.1, -0.05) is 12.8 Å². The van der Waals surface area contributed by atoms with Gasteiger partial charge < -0.3 is 9.64 Å². The molecule has 2 aliphatic rings. The van der Waals surface area contributed by atoms with E-state index in [0.717, 1.165) is 25.7 Å². The van der Waals surface area contributed by atoms with Gasteiger partial charge in [0.1, 0.15) is 0 Å². The van der Waals surface area contributed by atoms with E-state index in [-0.39, 0.29) is 22.9 Å². The van der Waals surface area contributed by atoms with Crippen molar-refractivity contribution in [2.24, 2.45) is 0 Å². The molecule has 126 valence electrons. The molecule has 0 radical (unpaired) electrons. The summed E-state index contributed by atoms with van der Waals surface area (Å²) in [5.74, 6) is -0.0430. The van der Waals surface area contributed by atoms with E-state index in [1.54, 1.807) is 12.1 Å². The Morgan fingerprint density at radius 1 is 1.22 bits per heavy atom. The van der Waals surface area contributed by atoms with Gasteiger partial charge in [-0.15, -0.1) is 0 Å². The first-order valence-electron chi connectivity index (χ1n) is 7.99. The van der Waals surface area contributed by atoms with Gasteiger partial charge in [0.15, 0.2) is 0 Å². The third-order valence-electron chi connectivity index (χ3n) is 4.67. The second-order valence-electron chi connectivity index (χ2n) is 5.99. The summed E-state index contributed by atoms with van der Waals surface area (Å²) in [5.41, 5.74) is 0.520. The number of amides is 1. The first-order valence-corrected chi connectivity index (χ1v) is 9.47. The Morgan fingerprint density at radius 2 is 1.91 bits per heavy atom. The fourth-order valence-electron chi connectivity index (χ4n) is 3.41. The van der Waals surface area contributed by atoms with Gasteiger partial charge in [0.05, 0.1) is 23.6 Å². The lowest BCUT2D eigenvalue weighted by molar-refractivity contribution is -0.0752. The van der Waals surface area contributed by atoms with E-state index in [1.807, 2.05) is 4.90 Å². The molecule has 1 N–H and O–H groups in total. The fraction of sp³-hybridized carbons (Fsp3) is 0.562. The molecule has 23 heavy (non-hydrogen) atoms. The van der Waals surface area contributed by atoms with E-state index >= 15 is 0 Å². The quantitative estimate of drug-likeness (QED) is 0.903. The fourth-order valence-corrected chi connectivity index (χ4v) is 4.14. The van der Waals surface area contributed by atoms with Crippen molar-refractivity contribution in [1.82, 2.24) is 9.62 Å². The minimum atomic E-state index is -3.48. The van der Waals surface area contributed by atoms with Crippen LogP contribution in [0.25, 0.3) is 0 Å². The largest absolute Gasteiger partial charge is 0.374 e. The maximum Gasteiger partial charge on any atom is 0.254 e. The predicted molar refractivity (Wildman–Crippen MR) is 85.7 cm³/mol. The predicted octanol–water partition coefficient (Wildman–Crippen LogP) is 1.38. The molecule has 2 fully saturated rings. The van der Waals surface area contributed by atoms with Crippen molar-refractivity contribution >= 4 is 15.9 Å². The molecule has 0 unspecified atom stereocenters. The molecule has 2 atom stereocenters. The minimum absolute atomic E-state index is 0.0430. The molecule has 1 saturated heterocycles. The molecule has 0 aromatic heterocycles. The molecule has 3 rings (SSSR count). The van der Waals surface area contributed by atoms with E-state index in [9.17, 15) is 13.2 Å². The van der Waals surface area contributed by atoms with E-state index < -0.39 is 10.0 Å². The molecule has 0 spiro atoms. The third-order valence-corrected chi connectivity index (χ3v) is 6.10. The lowest BCUT2D eigenvalue weighted by atomic mass is 9.89. The second-order valence-corrected chi connectivity index (χ2v) is 7.88. The molecule has 1 heterocycles. The molecule has 6 nitrogen and oxygen atoms in total. The Hall–Kier alpha value is -1.44. The number of rotatable bonds is 3. The van der Waals surface area contributed by atoms with Crippen molar-refractivity contribution in [3.63, 3.8) is 0 Å². The number of fused-ring (bicyclic) bond motifs is 1. The van der Waals surface area contributed by atoms with Crippen LogP contribution in [0.3, 0.4) is 0 Å². The van der Waals surface area contributed by atoms with Crippen LogP contribution in [-0.2, 0) is 14.8 Å². The smallest absolute Gasteiger partial charge is 0.254 e. The minimum Gasteiger partial charge on any atom is -0.374 e.